The van der Waals surface area contributed by atoms with Crippen molar-refractivity contribution in [2.45, 2.75) is 0 Å². The summed E-state index contributed by atoms with van der Waals surface area (Å²) in [6.45, 7) is 4.33. The Balaban J connectivity index is 1.85. The van der Waals surface area contributed by atoms with Gasteiger partial charge in [0.1, 0.15) is 23.1 Å². The lowest BCUT2D eigenvalue weighted by atomic mass is 10.2. The summed E-state index contributed by atoms with van der Waals surface area (Å²) in [5, 5.41) is 1.11. The first-order chi connectivity index (χ1) is 10.8. The van der Waals surface area contributed by atoms with Crippen LogP contribution in [-0.2, 0) is 0 Å². The summed E-state index contributed by atoms with van der Waals surface area (Å²) in [5.41, 5.74) is 3.04. The minimum atomic E-state index is 0.844. The molecule has 0 bridgehead atoms. The van der Waals surface area contributed by atoms with Gasteiger partial charge in [-0.05, 0) is 12.1 Å². The van der Waals surface area contributed by atoms with Crippen molar-refractivity contribution in [1.29, 1.82) is 0 Å². The molecular formula is C16H20N5O+. The quantitative estimate of drug-likeness (QED) is 0.721. The monoisotopic (exact) mass is 298 g/mol. The highest BCUT2D eigenvalue weighted by molar-refractivity contribution is 6.08. The van der Waals surface area contributed by atoms with E-state index in [1.807, 2.05) is 12.1 Å². The number of aromatic nitrogens is 3. The number of fused-ring (bicyclic) bond motifs is 3. The van der Waals surface area contributed by atoms with E-state index in [9.17, 15) is 0 Å². The van der Waals surface area contributed by atoms with Gasteiger partial charge in [-0.1, -0.05) is 0 Å². The van der Waals surface area contributed by atoms with Crippen LogP contribution < -0.4 is 14.5 Å². The molecule has 2 N–H and O–H groups in total. The Hall–Kier alpha value is -2.34. The third kappa shape index (κ3) is 2.07. The normalized spacial score (nSPS) is 16.5. The Bertz CT molecular complexity index is 820. The number of benzene rings is 1. The largest absolute Gasteiger partial charge is 0.497 e. The zero-order valence-electron chi connectivity index (χ0n) is 12.9. The number of H-pyrrole nitrogens is 1. The van der Waals surface area contributed by atoms with E-state index in [1.165, 1.54) is 0 Å². The zero-order chi connectivity index (χ0) is 15.1. The smallest absolute Gasteiger partial charge is 0.156 e. The highest BCUT2D eigenvalue weighted by Crippen LogP contribution is 2.31. The number of aromatic amines is 1. The third-order valence-corrected chi connectivity index (χ3v) is 4.49. The molecule has 22 heavy (non-hydrogen) atoms. The molecule has 1 aliphatic heterocycles. The second-order valence-corrected chi connectivity index (χ2v) is 5.90. The SMILES string of the molecule is COc1ccc2c(c1)[nH]c1c(N3CC[NH+](C)CC3)ncnc12. The number of hydrogen-bond acceptors (Lipinski definition) is 4. The maximum atomic E-state index is 5.31. The highest BCUT2D eigenvalue weighted by Gasteiger charge is 2.21. The van der Waals surface area contributed by atoms with Crippen molar-refractivity contribution < 1.29 is 9.64 Å². The summed E-state index contributed by atoms with van der Waals surface area (Å²) in [7, 11) is 3.92. The molecule has 6 nitrogen and oxygen atoms in total. The third-order valence-electron chi connectivity index (χ3n) is 4.49. The van der Waals surface area contributed by atoms with Crippen LogP contribution in [0.2, 0.25) is 0 Å². The number of nitrogens with one attached hydrogen (secondary N) is 2. The number of piperazine rings is 1. The van der Waals surface area contributed by atoms with Gasteiger partial charge in [0.15, 0.2) is 5.82 Å². The first-order valence-corrected chi connectivity index (χ1v) is 7.63. The molecule has 0 atom stereocenters. The van der Waals surface area contributed by atoms with Gasteiger partial charge in [0, 0.05) is 11.5 Å². The number of ether oxygens (including phenoxy) is 1. The van der Waals surface area contributed by atoms with E-state index in [4.69, 9.17) is 4.74 Å². The average Bonchev–Trinajstić information content (AvgIpc) is 2.93. The second kappa shape index (κ2) is 5.14. The Morgan fingerprint density at radius 3 is 2.82 bits per heavy atom. The van der Waals surface area contributed by atoms with Crippen LogP contribution in [0.4, 0.5) is 5.82 Å². The number of anilines is 1. The number of likely N-dealkylation sites (N-methyl/N-ethyl adjacent to an activating group) is 1. The summed E-state index contributed by atoms with van der Waals surface area (Å²) in [5.74, 6) is 1.85. The van der Waals surface area contributed by atoms with Crippen molar-refractivity contribution in [3.63, 3.8) is 0 Å². The molecule has 1 aliphatic rings. The Morgan fingerprint density at radius 1 is 1.23 bits per heavy atom. The molecule has 0 aliphatic carbocycles. The minimum Gasteiger partial charge on any atom is -0.497 e. The molecule has 114 valence electrons. The molecule has 2 aromatic heterocycles. The van der Waals surface area contributed by atoms with Gasteiger partial charge in [-0.2, -0.15) is 0 Å². The molecule has 1 aromatic carbocycles. The predicted molar refractivity (Wildman–Crippen MR) is 86.8 cm³/mol. The van der Waals surface area contributed by atoms with Gasteiger partial charge in [0.25, 0.3) is 0 Å². The standard InChI is InChI=1S/C16H19N5O/c1-20-5-7-21(8-6-20)16-15-14(17-10-18-16)12-4-3-11(22-2)9-13(12)19-15/h3-4,9-10,19H,5-8H2,1-2H3/p+1. The lowest BCUT2D eigenvalue weighted by Crippen LogP contribution is -3.12. The molecule has 6 heteroatoms. The molecular weight excluding hydrogens is 278 g/mol. The molecule has 0 amide bonds. The fourth-order valence-corrected chi connectivity index (χ4v) is 3.13. The molecule has 0 radical (unpaired) electrons. The first kappa shape index (κ1) is 13.3. The molecule has 1 fully saturated rings. The highest BCUT2D eigenvalue weighted by atomic mass is 16.5. The number of methoxy groups -OCH3 is 1. The molecule has 3 aromatic rings. The van der Waals surface area contributed by atoms with Crippen LogP contribution in [0.5, 0.6) is 5.75 Å². The van der Waals surface area contributed by atoms with Crippen LogP contribution in [0.3, 0.4) is 0 Å². The van der Waals surface area contributed by atoms with E-state index >= 15 is 0 Å². The molecule has 4 rings (SSSR count). The summed E-state index contributed by atoms with van der Waals surface area (Å²) >= 11 is 0. The van der Waals surface area contributed by atoms with E-state index < -0.39 is 0 Å². The number of rotatable bonds is 2. The van der Waals surface area contributed by atoms with Crippen LogP contribution in [0.1, 0.15) is 0 Å². The lowest BCUT2D eigenvalue weighted by molar-refractivity contribution is -0.880. The van der Waals surface area contributed by atoms with Crippen LogP contribution >= 0.6 is 0 Å². The number of nitrogens with zero attached hydrogens (tertiary/aromatic N) is 3. The molecule has 0 spiro atoms. The topological polar surface area (TPSA) is 58.5 Å². The van der Waals surface area contributed by atoms with Crippen molar-refractivity contribution in [2.24, 2.45) is 0 Å². The Labute approximate surface area is 128 Å². The maximum absolute atomic E-state index is 5.31. The van der Waals surface area contributed by atoms with Crippen molar-refractivity contribution >= 4 is 27.8 Å². The van der Waals surface area contributed by atoms with Crippen LogP contribution in [0.15, 0.2) is 24.5 Å². The maximum Gasteiger partial charge on any atom is 0.156 e. The van der Waals surface area contributed by atoms with E-state index in [1.54, 1.807) is 18.3 Å². The van der Waals surface area contributed by atoms with Crippen molar-refractivity contribution in [3.05, 3.63) is 24.5 Å². The van der Waals surface area contributed by atoms with Crippen LogP contribution in [-0.4, -0.2) is 55.3 Å². The van der Waals surface area contributed by atoms with Crippen molar-refractivity contribution in [3.8, 4) is 5.75 Å². The number of hydrogen-bond donors (Lipinski definition) is 2. The molecule has 0 unspecified atom stereocenters. The molecule has 1 saturated heterocycles. The zero-order valence-corrected chi connectivity index (χ0v) is 12.9. The van der Waals surface area contributed by atoms with Gasteiger partial charge in [-0.3, -0.25) is 0 Å². The summed E-state index contributed by atoms with van der Waals surface area (Å²) in [4.78, 5) is 16.4. The fourth-order valence-electron chi connectivity index (χ4n) is 3.13. The van der Waals surface area contributed by atoms with E-state index in [0.29, 0.717) is 0 Å². The molecule has 3 heterocycles. The Morgan fingerprint density at radius 2 is 2.05 bits per heavy atom. The van der Waals surface area contributed by atoms with Gasteiger partial charge >= 0.3 is 0 Å². The lowest BCUT2D eigenvalue weighted by Gasteiger charge is -2.30. The van der Waals surface area contributed by atoms with Gasteiger partial charge in [-0.25, -0.2) is 9.97 Å². The van der Waals surface area contributed by atoms with Crippen LogP contribution in [0.25, 0.3) is 21.9 Å². The predicted octanol–water partition coefficient (Wildman–Crippen LogP) is 0.454. The van der Waals surface area contributed by atoms with E-state index in [-0.39, 0.29) is 0 Å². The first-order valence-electron chi connectivity index (χ1n) is 7.63. The van der Waals surface area contributed by atoms with Crippen LogP contribution in [0, 0.1) is 0 Å². The van der Waals surface area contributed by atoms with Gasteiger partial charge in [0.2, 0.25) is 0 Å². The van der Waals surface area contributed by atoms with Crippen molar-refractivity contribution in [1.82, 2.24) is 15.0 Å². The summed E-state index contributed by atoms with van der Waals surface area (Å²) in [6, 6.07) is 6.03. The second-order valence-electron chi connectivity index (χ2n) is 5.90. The van der Waals surface area contributed by atoms with Gasteiger partial charge < -0.3 is 19.5 Å². The minimum absolute atomic E-state index is 0.844. The van der Waals surface area contributed by atoms with E-state index in [2.05, 4.69) is 33.0 Å². The summed E-state index contributed by atoms with van der Waals surface area (Å²) in [6.07, 6.45) is 1.67. The summed E-state index contributed by atoms with van der Waals surface area (Å²) < 4.78 is 5.31. The molecule has 0 saturated carbocycles. The van der Waals surface area contributed by atoms with Gasteiger partial charge in [-0.15, -0.1) is 0 Å². The fraction of sp³-hybridized carbons (Fsp3) is 0.375. The average molecular weight is 298 g/mol. The number of quaternary nitrogens is 1. The van der Waals surface area contributed by atoms with Crippen molar-refractivity contribution in [2.75, 3.05) is 45.2 Å². The van der Waals surface area contributed by atoms with E-state index in [0.717, 1.165) is 59.7 Å². The van der Waals surface area contributed by atoms with Gasteiger partial charge in [0.05, 0.1) is 45.9 Å². The Kier molecular flexibility index (Phi) is 3.11.